The maximum Gasteiger partial charge on any atom is 0.268 e. The van der Waals surface area contributed by atoms with Crippen molar-refractivity contribution < 1.29 is 8.78 Å². The molecule has 0 aliphatic rings. The van der Waals surface area contributed by atoms with Crippen LogP contribution in [-0.4, -0.2) is 4.98 Å². The Bertz CT molecular complexity index is 296. The minimum atomic E-state index is -2.69. The Morgan fingerprint density at radius 1 is 1.62 bits per heavy atom. The first-order valence-electron chi connectivity index (χ1n) is 3.35. The number of nitrogen functional groups attached to an aromatic ring is 1. The molecule has 0 atom stereocenters. The van der Waals surface area contributed by atoms with Crippen LogP contribution in [0.15, 0.2) is 6.07 Å². The molecule has 1 aromatic rings. The molecule has 0 bridgehead atoms. The lowest BCUT2D eigenvalue weighted by Crippen LogP contribution is -2.00. The molecule has 0 fully saturated rings. The van der Waals surface area contributed by atoms with Gasteiger partial charge in [0.2, 0.25) is 0 Å². The molecule has 6 heteroatoms. The molecule has 0 aromatic carbocycles. The summed E-state index contributed by atoms with van der Waals surface area (Å²) in [6, 6.07) is 1.38. The Morgan fingerprint density at radius 3 is 2.62 bits per heavy atom. The molecule has 0 aliphatic carbocycles. The SMILES string of the molecule is Nc1cc(CBr)nc(Cl)c1C(F)F. The molecule has 1 heterocycles. The fraction of sp³-hybridized carbons (Fsp3) is 0.286. The third-order valence-corrected chi connectivity index (χ3v) is 2.31. The Morgan fingerprint density at radius 2 is 2.23 bits per heavy atom. The number of pyridine rings is 1. The normalized spacial score (nSPS) is 10.8. The average Bonchev–Trinajstić information content (AvgIpc) is 2.02. The van der Waals surface area contributed by atoms with Crippen molar-refractivity contribution in [1.29, 1.82) is 0 Å². The molecular weight excluding hydrogens is 265 g/mol. The van der Waals surface area contributed by atoms with Gasteiger partial charge in [-0.15, -0.1) is 0 Å². The van der Waals surface area contributed by atoms with Gasteiger partial charge in [0.1, 0.15) is 5.15 Å². The van der Waals surface area contributed by atoms with E-state index in [4.69, 9.17) is 17.3 Å². The number of alkyl halides is 3. The van der Waals surface area contributed by atoms with Crippen molar-refractivity contribution in [3.05, 3.63) is 22.5 Å². The van der Waals surface area contributed by atoms with E-state index < -0.39 is 12.0 Å². The van der Waals surface area contributed by atoms with Crippen LogP contribution in [-0.2, 0) is 5.33 Å². The smallest absolute Gasteiger partial charge is 0.268 e. The van der Waals surface area contributed by atoms with E-state index in [-0.39, 0.29) is 10.8 Å². The summed E-state index contributed by atoms with van der Waals surface area (Å²) < 4.78 is 24.6. The Labute approximate surface area is 87.2 Å². The maximum absolute atomic E-state index is 12.3. The van der Waals surface area contributed by atoms with Gasteiger partial charge in [-0.05, 0) is 6.07 Å². The quantitative estimate of drug-likeness (QED) is 0.663. The van der Waals surface area contributed by atoms with E-state index in [0.29, 0.717) is 11.0 Å². The highest BCUT2D eigenvalue weighted by molar-refractivity contribution is 9.08. The Hall–Kier alpha value is -0.420. The largest absolute Gasteiger partial charge is 0.398 e. The van der Waals surface area contributed by atoms with E-state index in [1.54, 1.807) is 0 Å². The molecule has 1 aromatic heterocycles. The molecule has 0 spiro atoms. The van der Waals surface area contributed by atoms with Crippen LogP contribution in [0, 0.1) is 0 Å². The number of halogens is 4. The first-order chi connectivity index (χ1) is 6.06. The van der Waals surface area contributed by atoms with E-state index in [0.717, 1.165) is 0 Å². The summed E-state index contributed by atoms with van der Waals surface area (Å²) >= 11 is 8.64. The summed E-state index contributed by atoms with van der Waals surface area (Å²) in [5.74, 6) is 0. The molecule has 0 aliphatic heterocycles. The first kappa shape index (κ1) is 10.7. The van der Waals surface area contributed by atoms with Crippen LogP contribution < -0.4 is 5.73 Å². The fourth-order valence-corrected chi connectivity index (χ4v) is 1.47. The van der Waals surface area contributed by atoms with Crippen LogP contribution >= 0.6 is 27.5 Å². The van der Waals surface area contributed by atoms with Crippen LogP contribution in [0.3, 0.4) is 0 Å². The van der Waals surface area contributed by atoms with Crippen LogP contribution in [0.2, 0.25) is 5.15 Å². The van der Waals surface area contributed by atoms with Crippen LogP contribution in [0.1, 0.15) is 17.7 Å². The summed E-state index contributed by atoms with van der Waals surface area (Å²) in [7, 11) is 0. The van der Waals surface area contributed by atoms with Gasteiger partial charge in [0, 0.05) is 11.0 Å². The summed E-state index contributed by atoms with van der Waals surface area (Å²) in [5, 5.41) is 0.199. The highest BCUT2D eigenvalue weighted by Gasteiger charge is 2.17. The summed E-state index contributed by atoms with van der Waals surface area (Å²) in [5.41, 5.74) is 5.49. The third kappa shape index (κ3) is 2.28. The van der Waals surface area contributed by atoms with Crippen LogP contribution in [0.25, 0.3) is 0 Å². The minimum Gasteiger partial charge on any atom is -0.398 e. The van der Waals surface area contributed by atoms with E-state index in [1.165, 1.54) is 6.07 Å². The highest BCUT2D eigenvalue weighted by atomic mass is 79.9. The summed E-state index contributed by atoms with van der Waals surface area (Å²) in [6.45, 7) is 0. The van der Waals surface area contributed by atoms with Crippen molar-refractivity contribution in [1.82, 2.24) is 4.98 Å². The zero-order valence-corrected chi connectivity index (χ0v) is 8.74. The second-order valence-electron chi connectivity index (χ2n) is 2.34. The van der Waals surface area contributed by atoms with Crippen LogP contribution in [0.4, 0.5) is 14.5 Å². The molecule has 0 saturated carbocycles. The number of rotatable bonds is 2. The average molecular weight is 271 g/mol. The number of nitrogens with two attached hydrogens (primary N) is 1. The van der Waals surface area contributed by atoms with Crippen molar-refractivity contribution in [3.63, 3.8) is 0 Å². The van der Waals surface area contributed by atoms with Crippen LogP contribution in [0.5, 0.6) is 0 Å². The van der Waals surface area contributed by atoms with E-state index in [1.807, 2.05) is 0 Å². The lowest BCUT2D eigenvalue weighted by atomic mass is 10.2. The summed E-state index contributed by atoms with van der Waals surface area (Å²) in [4.78, 5) is 3.73. The lowest BCUT2D eigenvalue weighted by Gasteiger charge is -2.07. The predicted molar refractivity (Wildman–Crippen MR) is 51.2 cm³/mol. The first-order valence-corrected chi connectivity index (χ1v) is 4.85. The molecule has 2 N–H and O–H groups in total. The van der Waals surface area contributed by atoms with Gasteiger partial charge < -0.3 is 5.73 Å². The molecule has 2 nitrogen and oxygen atoms in total. The molecule has 0 radical (unpaired) electrons. The topological polar surface area (TPSA) is 38.9 Å². The number of hydrogen-bond donors (Lipinski definition) is 1. The predicted octanol–water partition coefficient (Wildman–Crippen LogP) is 3.15. The van der Waals surface area contributed by atoms with Gasteiger partial charge in [-0.2, -0.15) is 0 Å². The zero-order chi connectivity index (χ0) is 10.0. The summed E-state index contributed by atoms with van der Waals surface area (Å²) in [6.07, 6.45) is -2.69. The van der Waals surface area contributed by atoms with Gasteiger partial charge in [0.05, 0.1) is 11.3 Å². The molecule has 0 amide bonds. The number of nitrogens with zero attached hydrogens (tertiary/aromatic N) is 1. The van der Waals surface area contributed by atoms with Gasteiger partial charge in [0.25, 0.3) is 6.43 Å². The number of anilines is 1. The van der Waals surface area contributed by atoms with Gasteiger partial charge in [0.15, 0.2) is 0 Å². The molecule has 0 unspecified atom stereocenters. The van der Waals surface area contributed by atoms with Crippen molar-refractivity contribution in [2.45, 2.75) is 11.8 Å². The molecular formula is C7H6BrClF2N2. The van der Waals surface area contributed by atoms with Crippen molar-refractivity contribution in [3.8, 4) is 0 Å². The van der Waals surface area contributed by atoms with Crippen molar-refractivity contribution in [2.75, 3.05) is 5.73 Å². The van der Waals surface area contributed by atoms with Crippen molar-refractivity contribution in [2.24, 2.45) is 0 Å². The zero-order valence-electron chi connectivity index (χ0n) is 6.40. The van der Waals surface area contributed by atoms with Gasteiger partial charge in [-0.1, -0.05) is 27.5 Å². The monoisotopic (exact) mass is 270 g/mol. The maximum atomic E-state index is 12.3. The Balaban J connectivity index is 3.23. The molecule has 1 rings (SSSR count). The molecule has 72 valence electrons. The second kappa shape index (κ2) is 4.19. The van der Waals surface area contributed by atoms with E-state index >= 15 is 0 Å². The van der Waals surface area contributed by atoms with Gasteiger partial charge >= 0.3 is 0 Å². The highest BCUT2D eigenvalue weighted by Crippen LogP contribution is 2.31. The second-order valence-corrected chi connectivity index (χ2v) is 3.26. The number of aromatic nitrogens is 1. The lowest BCUT2D eigenvalue weighted by molar-refractivity contribution is 0.152. The molecule has 13 heavy (non-hydrogen) atoms. The fourth-order valence-electron chi connectivity index (χ4n) is 0.879. The van der Waals surface area contributed by atoms with Gasteiger partial charge in [-0.25, -0.2) is 13.8 Å². The molecule has 0 saturated heterocycles. The number of hydrogen-bond acceptors (Lipinski definition) is 2. The van der Waals surface area contributed by atoms with E-state index in [2.05, 4.69) is 20.9 Å². The standard InChI is InChI=1S/C7H6BrClF2N2/c8-2-3-1-4(12)5(7(10)11)6(9)13-3/h1,7H,2H2,(H2,12,13). The van der Waals surface area contributed by atoms with Gasteiger partial charge in [-0.3, -0.25) is 0 Å². The van der Waals surface area contributed by atoms with E-state index in [9.17, 15) is 8.78 Å². The minimum absolute atomic E-state index is 0.0237. The van der Waals surface area contributed by atoms with Crippen molar-refractivity contribution >= 4 is 33.2 Å². The third-order valence-electron chi connectivity index (χ3n) is 1.45. The Kier molecular flexibility index (Phi) is 3.44.